The third-order valence-electron chi connectivity index (χ3n) is 3.01. The van der Waals surface area contributed by atoms with Crippen LogP contribution in [0.15, 0.2) is 33.7 Å². The van der Waals surface area contributed by atoms with E-state index in [1.54, 1.807) is 13.0 Å². The number of nitrogens with zero attached hydrogens (tertiary/aromatic N) is 1. The van der Waals surface area contributed by atoms with Crippen LogP contribution in [0.25, 0.3) is 0 Å². The van der Waals surface area contributed by atoms with Crippen LogP contribution in [0, 0.1) is 6.92 Å². The summed E-state index contributed by atoms with van der Waals surface area (Å²) in [7, 11) is -2.49. The maximum Gasteiger partial charge on any atom is 0.307 e. The summed E-state index contributed by atoms with van der Waals surface area (Å²) in [5, 5.41) is 12.6. The predicted molar refractivity (Wildman–Crippen MR) is 79.6 cm³/mol. The number of nitrogens with one attached hydrogen (secondary N) is 1. The first kappa shape index (κ1) is 17.0. The number of carboxylic acids is 1. The molecule has 0 amide bonds. The number of hydrogen-bond donors (Lipinski definition) is 2. The highest BCUT2D eigenvalue weighted by molar-refractivity contribution is 7.89. The maximum atomic E-state index is 12.4. The van der Waals surface area contributed by atoms with Gasteiger partial charge in [0, 0.05) is 6.07 Å². The molecule has 0 bridgehead atoms. The van der Waals surface area contributed by atoms with Gasteiger partial charge in [0.05, 0.1) is 30.7 Å². The second-order valence-corrected chi connectivity index (χ2v) is 6.54. The van der Waals surface area contributed by atoms with Crippen LogP contribution in [-0.4, -0.2) is 31.8 Å². The molecule has 124 valence electrons. The third kappa shape index (κ3) is 4.30. The third-order valence-corrected chi connectivity index (χ3v) is 4.51. The van der Waals surface area contributed by atoms with Gasteiger partial charge in [0.15, 0.2) is 5.76 Å². The molecule has 8 nitrogen and oxygen atoms in total. The van der Waals surface area contributed by atoms with Crippen molar-refractivity contribution in [2.75, 3.05) is 7.11 Å². The molecule has 0 aliphatic heterocycles. The molecule has 0 saturated heterocycles. The molecular formula is C14H16N2O6S. The fourth-order valence-corrected chi connectivity index (χ4v) is 3.20. The Kier molecular flexibility index (Phi) is 5.02. The van der Waals surface area contributed by atoms with Crippen molar-refractivity contribution in [2.45, 2.75) is 24.8 Å². The lowest BCUT2D eigenvalue weighted by atomic mass is 10.1. The van der Waals surface area contributed by atoms with Crippen molar-refractivity contribution in [3.63, 3.8) is 0 Å². The average molecular weight is 340 g/mol. The largest absolute Gasteiger partial charge is 0.497 e. The molecule has 0 unspecified atom stereocenters. The Balaban J connectivity index is 2.28. The van der Waals surface area contributed by atoms with E-state index in [4.69, 9.17) is 14.4 Å². The molecule has 0 aliphatic carbocycles. The fraction of sp³-hybridized carbons (Fsp3) is 0.286. The number of aromatic nitrogens is 1. The first-order chi connectivity index (χ1) is 10.8. The monoisotopic (exact) mass is 340 g/mol. The number of aliphatic carboxylic acids is 1. The quantitative estimate of drug-likeness (QED) is 0.774. The van der Waals surface area contributed by atoms with E-state index in [1.807, 2.05) is 0 Å². The Hall–Kier alpha value is -2.39. The van der Waals surface area contributed by atoms with Crippen LogP contribution in [0.1, 0.15) is 17.0 Å². The molecule has 1 heterocycles. The van der Waals surface area contributed by atoms with E-state index >= 15 is 0 Å². The minimum Gasteiger partial charge on any atom is -0.497 e. The molecule has 9 heteroatoms. The zero-order valence-corrected chi connectivity index (χ0v) is 13.4. The van der Waals surface area contributed by atoms with E-state index in [0.717, 1.165) is 0 Å². The first-order valence-corrected chi connectivity index (χ1v) is 8.10. The van der Waals surface area contributed by atoms with Crippen molar-refractivity contribution < 1.29 is 27.6 Å². The van der Waals surface area contributed by atoms with Gasteiger partial charge in [0.1, 0.15) is 5.75 Å². The topological polar surface area (TPSA) is 119 Å². The van der Waals surface area contributed by atoms with Crippen LogP contribution in [0.2, 0.25) is 0 Å². The number of hydrogen-bond acceptors (Lipinski definition) is 6. The number of sulfonamides is 1. The first-order valence-electron chi connectivity index (χ1n) is 6.62. The average Bonchev–Trinajstić information content (AvgIpc) is 2.90. The van der Waals surface area contributed by atoms with Crippen LogP contribution >= 0.6 is 0 Å². The lowest BCUT2D eigenvalue weighted by molar-refractivity contribution is -0.136. The van der Waals surface area contributed by atoms with E-state index in [2.05, 4.69) is 9.88 Å². The number of benzene rings is 1. The Morgan fingerprint density at radius 1 is 1.39 bits per heavy atom. The van der Waals surface area contributed by atoms with E-state index < -0.39 is 22.4 Å². The van der Waals surface area contributed by atoms with Crippen LogP contribution in [-0.2, 0) is 27.8 Å². The fourth-order valence-electron chi connectivity index (χ4n) is 1.99. The highest BCUT2D eigenvalue weighted by Crippen LogP contribution is 2.22. The van der Waals surface area contributed by atoms with Gasteiger partial charge < -0.3 is 14.4 Å². The molecule has 0 aliphatic rings. The Labute approximate surface area is 133 Å². The summed E-state index contributed by atoms with van der Waals surface area (Å²) in [5.74, 6) is -0.397. The smallest absolute Gasteiger partial charge is 0.307 e. The highest BCUT2D eigenvalue weighted by atomic mass is 32.2. The lowest BCUT2D eigenvalue weighted by Gasteiger charge is -2.11. The van der Waals surface area contributed by atoms with Crippen molar-refractivity contribution in [3.05, 3.63) is 41.3 Å². The van der Waals surface area contributed by atoms with Gasteiger partial charge >= 0.3 is 5.97 Å². The summed E-state index contributed by atoms with van der Waals surface area (Å²) in [6, 6.07) is 5.76. The number of carboxylic acid groups (broad SMARTS) is 1. The number of carbonyl (C=O) groups is 1. The van der Waals surface area contributed by atoms with Gasteiger partial charge in [-0.15, -0.1) is 0 Å². The summed E-state index contributed by atoms with van der Waals surface area (Å²) in [4.78, 5) is 10.8. The van der Waals surface area contributed by atoms with Crippen molar-refractivity contribution in [1.29, 1.82) is 0 Å². The molecular weight excluding hydrogens is 324 g/mol. The van der Waals surface area contributed by atoms with Crippen molar-refractivity contribution in [1.82, 2.24) is 9.88 Å². The van der Waals surface area contributed by atoms with Crippen molar-refractivity contribution in [3.8, 4) is 5.75 Å². The predicted octanol–water partition coefficient (Wildman–Crippen LogP) is 1.10. The normalized spacial score (nSPS) is 11.4. The second kappa shape index (κ2) is 6.80. The molecule has 0 saturated carbocycles. The van der Waals surface area contributed by atoms with E-state index in [1.165, 1.54) is 25.3 Å². The van der Waals surface area contributed by atoms with E-state index in [0.29, 0.717) is 17.2 Å². The molecule has 1 aromatic heterocycles. The molecule has 2 rings (SSSR count). The molecule has 1 aromatic carbocycles. The van der Waals surface area contributed by atoms with E-state index in [9.17, 15) is 13.2 Å². The maximum absolute atomic E-state index is 12.4. The van der Waals surface area contributed by atoms with Gasteiger partial charge in [-0.1, -0.05) is 5.16 Å². The van der Waals surface area contributed by atoms with Gasteiger partial charge in [-0.25, -0.2) is 13.1 Å². The second-order valence-electron chi connectivity index (χ2n) is 4.80. The Morgan fingerprint density at radius 3 is 2.70 bits per heavy atom. The summed E-state index contributed by atoms with van der Waals surface area (Å²) in [5.41, 5.74) is 0.772. The minimum atomic E-state index is -3.91. The van der Waals surface area contributed by atoms with Gasteiger partial charge in [0.25, 0.3) is 0 Å². The molecule has 2 aromatic rings. The zero-order chi connectivity index (χ0) is 17.0. The summed E-state index contributed by atoms with van der Waals surface area (Å²) in [6.07, 6.45) is -0.436. The summed E-state index contributed by atoms with van der Waals surface area (Å²) in [6.45, 7) is 1.64. The summed E-state index contributed by atoms with van der Waals surface area (Å²) < 4.78 is 37.1. The van der Waals surface area contributed by atoms with Crippen LogP contribution in [0.4, 0.5) is 0 Å². The number of methoxy groups -OCH3 is 1. The minimum absolute atomic E-state index is 0.0816. The Bertz CT molecular complexity index is 812. The molecule has 0 fully saturated rings. The molecule has 0 atom stereocenters. The van der Waals surface area contributed by atoms with Gasteiger partial charge in [-0.2, -0.15) is 0 Å². The number of rotatable bonds is 7. The SMILES string of the molecule is COc1ccc(S(=O)(=O)NCc2cc(C)no2)c(CC(=O)O)c1. The van der Waals surface area contributed by atoms with Gasteiger partial charge in [-0.05, 0) is 30.7 Å². The molecule has 2 N–H and O–H groups in total. The van der Waals surface area contributed by atoms with Crippen LogP contribution in [0.5, 0.6) is 5.75 Å². The van der Waals surface area contributed by atoms with Gasteiger partial charge in [-0.3, -0.25) is 4.79 Å². The lowest BCUT2D eigenvalue weighted by Crippen LogP contribution is -2.24. The molecule has 0 radical (unpaired) electrons. The van der Waals surface area contributed by atoms with Crippen molar-refractivity contribution >= 4 is 16.0 Å². The van der Waals surface area contributed by atoms with Crippen molar-refractivity contribution in [2.24, 2.45) is 0 Å². The van der Waals surface area contributed by atoms with E-state index in [-0.39, 0.29) is 17.0 Å². The van der Waals surface area contributed by atoms with Crippen LogP contribution < -0.4 is 9.46 Å². The summed E-state index contributed by atoms with van der Waals surface area (Å²) >= 11 is 0. The number of ether oxygens (including phenoxy) is 1. The van der Waals surface area contributed by atoms with Gasteiger partial charge in [0.2, 0.25) is 10.0 Å². The molecule has 0 spiro atoms. The van der Waals surface area contributed by atoms with Crippen LogP contribution in [0.3, 0.4) is 0 Å². The number of aryl methyl sites for hydroxylation is 1. The molecule has 23 heavy (non-hydrogen) atoms. The zero-order valence-electron chi connectivity index (χ0n) is 12.6. The standard InChI is InChI=1S/C14H16N2O6S/c1-9-5-12(22-16-9)8-15-23(19,20)13-4-3-11(21-2)6-10(13)7-14(17)18/h3-6,15H,7-8H2,1-2H3,(H,17,18). The Morgan fingerprint density at radius 2 is 2.13 bits per heavy atom. The highest BCUT2D eigenvalue weighted by Gasteiger charge is 2.21.